The Kier molecular flexibility index (Phi) is 6.44. The number of hydrogen-bond donors (Lipinski definition) is 1. The van der Waals surface area contributed by atoms with Gasteiger partial charge >= 0.3 is 0 Å². The molecule has 0 radical (unpaired) electrons. The molecule has 2 rings (SSSR count). The number of nitrogens with zero attached hydrogens (tertiary/aromatic N) is 1. The van der Waals surface area contributed by atoms with Crippen LogP contribution in [0.25, 0.3) is 0 Å². The molecule has 0 atom stereocenters. The molecule has 1 aliphatic rings. The van der Waals surface area contributed by atoms with E-state index in [1.165, 1.54) is 32.1 Å². The first-order chi connectivity index (χ1) is 10.7. The maximum absolute atomic E-state index is 12.0. The van der Waals surface area contributed by atoms with Crippen LogP contribution in [0.5, 0.6) is 5.75 Å². The number of carbonyl (C=O) groups excluding carboxylic acids is 1. The van der Waals surface area contributed by atoms with Gasteiger partial charge in [-0.1, -0.05) is 26.2 Å². The molecule has 0 spiro atoms. The van der Waals surface area contributed by atoms with Gasteiger partial charge in [-0.2, -0.15) is 5.10 Å². The van der Waals surface area contributed by atoms with Crippen LogP contribution in [0.2, 0.25) is 0 Å². The van der Waals surface area contributed by atoms with Crippen LogP contribution in [0, 0.1) is 5.92 Å². The second kappa shape index (κ2) is 8.57. The minimum Gasteiger partial charge on any atom is -0.494 e. The summed E-state index contributed by atoms with van der Waals surface area (Å²) in [5.74, 6) is 1.21. The van der Waals surface area contributed by atoms with E-state index in [1.807, 2.05) is 19.1 Å². The van der Waals surface area contributed by atoms with Gasteiger partial charge in [-0.05, 0) is 56.4 Å². The highest BCUT2D eigenvalue weighted by molar-refractivity contribution is 5.95. The van der Waals surface area contributed by atoms with Crippen molar-refractivity contribution in [3.05, 3.63) is 29.8 Å². The fourth-order valence-corrected chi connectivity index (χ4v) is 2.22. The van der Waals surface area contributed by atoms with E-state index in [0.29, 0.717) is 11.5 Å². The van der Waals surface area contributed by atoms with E-state index in [4.69, 9.17) is 4.74 Å². The highest BCUT2D eigenvalue weighted by Gasteiger charge is 2.24. The van der Waals surface area contributed by atoms with E-state index in [1.54, 1.807) is 12.1 Å². The van der Waals surface area contributed by atoms with Gasteiger partial charge in [0.2, 0.25) is 0 Å². The van der Waals surface area contributed by atoms with Crippen molar-refractivity contribution >= 4 is 11.6 Å². The molecule has 1 fully saturated rings. The zero-order valence-electron chi connectivity index (χ0n) is 13.6. The minimum atomic E-state index is -0.172. The maximum atomic E-state index is 12.0. The quantitative estimate of drug-likeness (QED) is 0.423. The molecule has 1 aromatic rings. The molecule has 120 valence electrons. The second-order valence-corrected chi connectivity index (χ2v) is 5.90. The van der Waals surface area contributed by atoms with Gasteiger partial charge in [0.1, 0.15) is 5.75 Å². The maximum Gasteiger partial charge on any atom is 0.271 e. The fourth-order valence-electron chi connectivity index (χ4n) is 2.22. The standard InChI is InChI=1S/C18H26N2O2/c1-3-4-5-6-13-22-17-11-9-16(10-12-17)18(21)20-19-14(2)15-7-8-15/h9-12,15H,3-8,13H2,1-2H3,(H,20,21)/b19-14+. The lowest BCUT2D eigenvalue weighted by Crippen LogP contribution is -2.19. The Bertz CT molecular complexity index is 504. The summed E-state index contributed by atoms with van der Waals surface area (Å²) in [5.41, 5.74) is 4.23. The fraction of sp³-hybridized carbons (Fsp3) is 0.556. The van der Waals surface area contributed by atoms with Crippen LogP contribution in [0.1, 0.15) is 62.7 Å². The molecule has 1 aromatic carbocycles. The van der Waals surface area contributed by atoms with E-state index in [9.17, 15) is 4.79 Å². The Morgan fingerprint density at radius 2 is 1.95 bits per heavy atom. The Morgan fingerprint density at radius 1 is 1.23 bits per heavy atom. The topological polar surface area (TPSA) is 50.7 Å². The Labute approximate surface area is 132 Å². The van der Waals surface area contributed by atoms with Crippen LogP contribution in [0.4, 0.5) is 0 Å². The molecule has 1 N–H and O–H groups in total. The monoisotopic (exact) mass is 302 g/mol. The van der Waals surface area contributed by atoms with Crippen molar-refractivity contribution in [3.63, 3.8) is 0 Å². The first kappa shape index (κ1) is 16.5. The zero-order chi connectivity index (χ0) is 15.8. The molecule has 4 heteroatoms. The summed E-state index contributed by atoms with van der Waals surface area (Å²) in [5, 5.41) is 4.15. The van der Waals surface area contributed by atoms with Gasteiger partial charge in [0.05, 0.1) is 6.61 Å². The lowest BCUT2D eigenvalue weighted by molar-refractivity contribution is 0.0954. The molecular formula is C18H26N2O2. The number of hydrogen-bond acceptors (Lipinski definition) is 3. The minimum absolute atomic E-state index is 0.172. The summed E-state index contributed by atoms with van der Waals surface area (Å²) in [6.07, 6.45) is 7.14. The molecule has 0 heterocycles. The summed E-state index contributed by atoms with van der Waals surface area (Å²) in [6, 6.07) is 7.23. The third-order valence-electron chi connectivity index (χ3n) is 3.89. The van der Waals surface area contributed by atoms with Gasteiger partial charge in [0.15, 0.2) is 0 Å². The van der Waals surface area contributed by atoms with Crippen LogP contribution in [-0.2, 0) is 0 Å². The van der Waals surface area contributed by atoms with E-state index in [-0.39, 0.29) is 5.91 Å². The van der Waals surface area contributed by atoms with Crippen LogP contribution >= 0.6 is 0 Å². The number of benzene rings is 1. The van der Waals surface area contributed by atoms with Crippen molar-refractivity contribution in [2.45, 2.75) is 52.4 Å². The van der Waals surface area contributed by atoms with Crippen LogP contribution < -0.4 is 10.2 Å². The van der Waals surface area contributed by atoms with Crippen LogP contribution in [0.15, 0.2) is 29.4 Å². The smallest absolute Gasteiger partial charge is 0.271 e. The molecule has 0 saturated heterocycles. The predicted octanol–water partition coefficient (Wildman–Crippen LogP) is 4.16. The second-order valence-electron chi connectivity index (χ2n) is 5.90. The summed E-state index contributed by atoms with van der Waals surface area (Å²) in [7, 11) is 0. The van der Waals surface area contributed by atoms with Crippen molar-refractivity contribution in [1.82, 2.24) is 5.43 Å². The number of unbranched alkanes of at least 4 members (excludes halogenated alkanes) is 3. The highest BCUT2D eigenvalue weighted by atomic mass is 16.5. The molecule has 1 saturated carbocycles. The molecular weight excluding hydrogens is 276 g/mol. The van der Waals surface area contributed by atoms with Crippen LogP contribution in [-0.4, -0.2) is 18.2 Å². The van der Waals surface area contributed by atoms with Gasteiger partial charge in [-0.3, -0.25) is 4.79 Å². The molecule has 0 bridgehead atoms. The van der Waals surface area contributed by atoms with Crippen LogP contribution in [0.3, 0.4) is 0 Å². The van der Waals surface area contributed by atoms with E-state index in [2.05, 4.69) is 17.5 Å². The first-order valence-corrected chi connectivity index (χ1v) is 8.28. The van der Waals surface area contributed by atoms with Gasteiger partial charge in [0.25, 0.3) is 5.91 Å². The highest BCUT2D eigenvalue weighted by Crippen LogP contribution is 2.30. The lowest BCUT2D eigenvalue weighted by atomic mass is 10.2. The van der Waals surface area contributed by atoms with Gasteiger partial charge < -0.3 is 4.74 Å². The number of amides is 1. The number of hydrazone groups is 1. The Hall–Kier alpha value is -1.84. The summed E-state index contributed by atoms with van der Waals surface area (Å²) in [4.78, 5) is 12.0. The van der Waals surface area contributed by atoms with Gasteiger partial charge in [-0.15, -0.1) is 0 Å². The first-order valence-electron chi connectivity index (χ1n) is 8.28. The molecule has 0 unspecified atom stereocenters. The summed E-state index contributed by atoms with van der Waals surface area (Å²) >= 11 is 0. The Balaban J connectivity index is 1.75. The third kappa shape index (κ3) is 5.51. The van der Waals surface area contributed by atoms with E-state index < -0.39 is 0 Å². The van der Waals surface area contributed by atoms with Gasteiger partial charge in [0, 0.05) is 11.3 Å². The predicted molar refractivity (Wildman–Crippen MR) is 89.4 cm³/mol. The largest absolute Gasteiger partial charge is 0.494 e. The lowest BCUT2D eigenvalue weighted by Gasteiger charge is -2.07. The normalized spacial score (nSPS) is 14.7. The van der Waals surface area contributed by atoms with Gasteiger partial charge in [-0.25, -0.2) is 5.43 Å². The molecule has 22 heavy (non-hydrogen) atoms. The molecule has 1 amide bonds. The third-order valence-corrected chi connectivity index (χ3v) is 3.89. The molecule has 4 nitrogen and oxygen atoms in total. The molecule has 0 aliphatic heterocycles. The average molecular weight is 302 g/mol. The molecule has 0 aromatic heterocycles. The van der Waals surface area contributed by atoms with Crippen molar-refractivity contribution < 1.29 is 9.53 Å². The van der Waals surface area contributed by atoms with Crippen molar-refractivity contribution in [2.75, 3.05) is 6.61 Å². The SMILES string of the molecule is CCCCCCOc1ccc(C(=O)N/N=C(\C)C2CC2)cc1. The average Bonchev–Trinajstić information content (AvgIpc) is 3.37. The number of ether oxygens (including phenoxy) is 1. The number of rotatable bonds is 9. The molecule has 1 aliphatic carbocycles. The summed E-state index contributed by atoms with van der Waals surface area (Å²) < 4.78 is 5.67. The summed E-state index contributed by atoms with van der Waals surface area (Å²) in [6.45, 7) is 4.89. The van der Waals surface area contributed by atoms with E-state index in [0.717, 1.165) is 24.5 Å². The van der Waals surface area contributed by atoms with Crippen molar-refractivity contribution in [3.8, 4) is 5.75 Å². The number of carbonyl (C=O) groups is 1. The van der Waals surface area contributed by atoms with Crippen molar-refractivity contribution in [1.29, 1.82) is 0 Å². The Morgan fingerprint density at radius 3 is 2.59 bits per heavy atom. The number of nitrogens with one attached hydrogen (secondary N) is 1. The van der Waals surface area contributed by atoms with Crippen molar-refractivity contribution in [2.24, 2.45) is 11.0 Å². The van der Waals surface area contributed by atoms with E-state index >= 15 is 0 Å². The zero-order valence-corrected chi connectivity index (χ0v) is 13.6.